The third-order valence-electron chi connectivity index (χ3n) is 2.63. The minimum atomic E-state index is 0.492. The van der Waals surface area contributed by atoms with Crippen molar-refractivity contribution in [2.75, 3.05) is 6.54 Å². The van der Waals surface area contributed by atoms with Gasteiger partial charge in [0.05, 0.1) is 0 Å². The summed E-state index contributed by atoms with van der Waals surface area (Å²) in [5.41, 5.74) is 0. The molecule has 16 heavy (non-hydrogen) atoms. The Morgan fingerprint density at radius 1 is 1.44 bits per heavy atom. The predicted molar refractivity (Wildman–Crippen MR) is 72.6 cm³/mol. The van der Waals surface area contributed by atoms with Crippen molar-refractivity contribution in [3.63, 3.8) is 0 Å². The molecule has 1 nitrogen and oxygen atoms in total. The second-order valence-electron chi connectivity index (χ2n) is 4.35. The average Bonchev–Trinajstić information content (AvgIpc) is 2.76. The fourth-order valence-electron chi connectivity index (χ4n) is 1.74. The van der Waals surface area contributed by atoms with Gasteiger partial charge in [-0.2, -0.15) is 0 Å². The highest BCUT2D eigenvalue weighted by Gasteiger charge is 2.15. The van der Waals surface area contributed by atoms with Crippen molar-refractivity contribution < 1.29 is 0 Å². The van der Waals surface area contributed by atoms with Crippen LogP contribution >= 0.6 is 11.3 Å². The lowest BCUT2D eigenvalue weighted by atomic mass is 10.0. The van der Waals surface area contributed by atoms with Crippen molar-refractivity contribution in [3.05, 3.63) is 22.4 Å². The average molecular weight is 235 g/mol. The van der Waals surface area contributed by atoms with Crippen LogP contribution in [0.2, 0.25) is 0 Å². The summed E-state index contributed by atoms with van der Waals surface area (Å²) in [5, 5.41) is 5.77. The van der Waals surface area contributed by atoms with Crippen LogP contribution in [-0.4, -0.2) is 6.54 Å². The van der Waals surface area contributed by atoms with E-state index in [4.69, 9.17) is 6.42 Å². The molecule has 0 bridgehead atoms. The summed E-state index contributed by atoms with van der Waals surface area (Å²) >= 11 is 1.83. The lowest BCUT2D eigenvalue weighted by Crippen LogP contribution is -2.25. The molecule has 0 saturated heterocycles. The molecule has 0 aromatic carbocycles. The highest BCUT2D eigenvalue weighted by Crippen LogP contribution is 2.25. The van der Waals surface area contributed by atoms with Crippen LogP contribution in [0.5, 0.6) is 0 Å². The second-order valence-corrected chi connectivity index (χ2v) is 5.33. The summed E-state index contributed by atoms with van der Waals surface area (Å²) in [6.07, 6.45) is 8.41. The molecular formula is C14H21NS. The number of rotatable bonds is 7. The summed E-state index contributed by atoms with van der Waals surface area (Å²) < 4.78 is 0. The van der Waals surface area contributed by atoms with Crippen LogP contribution in [0.15, 0.2) is 17.5 Å². The van der Waals surface area contributed by atoms with E-state index >= 15 is 0 Å². The third kappa shape index (κ3) is 4.38. The number of nitrogens with one attached hydrogen (secondary N) is 1. The smallest absolute Gasteiger partial charge is 0.0438 e. The zero-order valence-electron chi connectivity index (χ0n) is 10.2. The topological polar surface area (TPSA) is 12.0 Å². The molecule has 0 amide bonds. The van der Waals surface area contributed by atoms with E-state index < -0.39 is 0 Å². The first-order valence-corrected chi connectivity index (χ1v) is 6.84. The van der Waals surface area contributed by atoms with E-state index in [9.17, 15) is 0 Å². The molecule has 0 aliphatic heterocycles. The molecule has 2 heteroatoms. The normalized spacial score (nSPS) is 12.6. The molecule has 1 rings (SSSR count). The van der Waals surface area contributed by atoms with Crippen molar-refractivity contribution in [2.45, 2.75) is 39.2 Å². The SMILES string of the molecule is C#CCCCCNC(c1cccs1)C(C)C. The highest BCUT2D eigenvalue weighted by atomic mass is 32.1. The maximum atomic E-state index is 5.23. The Bertz CT molecular complexity index is 308. The highest BCUT2D eigenvalue weighted by molar-refractivity contribution is 7.10. The Hall–Kier alpha value is -0.780. The first kappa shape index (κ1) is 13.3. The molecule has 1 atom stereocenters. The number of thiophene rings is 1. The Morgan fingerprint density at radius 2 is 2.25 bits per heavy atom. The summed E-state index contributed by atoms with van der Waals surface area (Å²) in [6, 6.07) is 4.82. The van der Waals surface area contributed by atoms with E-state index in [0.29, 0.717) is 12.0 Å². The molecule has 0 saturated carbocycles. The lowest BCUT2D eigenvalue weighted by Gasteiger charge is -2.21. The van der Waals surface area contributed by atoms with E-state index in [0.717, 1.165) is 19.4 Å². The molecule has 1 unspecified atom stereocenters. The molecule has 0 aliphatic carbocycles. The quantitative estimate of drug-likeness (QED) is 0.559. The maximum Gasteiger partial charge on any atom is 0.0438 e. The maximum absolute atomic E-state index is 5.23. The monoisotopic (exact) mass is 235 g/mol. The van der Waals surface area contributed by atoms with Gasteiger partial charge >= 0.3 is 0 Å². The predicted octanol–water partition coefficient (Wildman–Crippen LogP) is 3.84. The molecule has 88 valence electrons. The van der Waals surface area contributed by atoms with Crippen LogP contribution in [0.4, 0.5) is 0 Å². The van der Waals surface area contributed by atoms with E-state index in [1.807, 2.05) is 11.3 Å². The molecule has 1 N–H and O–H groups in total. The van der Waals surface area contributed by atoms with Crippen molar-refractivity contribution in [2.24, 2.45) is 5.92 Å². The Balaban J connectivity index is 2.33. The van der Waals surface area contributed by atoms with Gasteiger partial charge in [0.15, 0.2) is 0 Å². The van der Waals surface area contributed by atoms with Crippen molar-refractivity contribution in [1.82, 2.24) is 5.32 Å². The Morgan fingerprint density at radius 3 is 2.81 bits per heavy atom. The van der Waals surface area contributed by atoms with Crippen molar-refractivity contribution in [3.8, 4) is 12.3 Å². The Labute approximate surface area is 103 Å². The molecule has 0 radical (unpaired) electrons. The first-order valence-electron chi connectivity index (χ1n) is 5.96. The summed E-state index contributed by atoms with van der Waals surface area (Å²) in [5.74, 6) is 3.31. The summed E-state index contributed by atoms with van der Waals surface area (Å²) in [7, 11) is 0. The van der Waals surface area contributed by atoms with Crippen LogP contribution in [0.25, 0.3) is 0 Å². The number of hydrogen-bond acceptors (Lipinski definition) is 2. The van der Waals surface area contributed by atoms with Gasteiger partial charge in [0.25, 0.3) is 0 Å². The number of unbranched alkanes of at least 4 members (excludes halogenated alkanes) is 2. The van der Waals surface area contributed by atoms with Gasteiger partial charge in [-0.25, -0.2) is 0 Å². The van der Waals surface area contributed by atoms with Gasteiger partial charge in [-0.05, 0) is 36.8 Å². The molecule has 1 heterocycles. The molecule has 1 aromatic heterocycles. The fraction of sp³-hybridized carbons (Fsp3) is 0.571. The first-order chi connectivity index (χ1) is 7.75. The number of hydrogen-bond donors (Lipinski definition) is 1. The van der Waals surface area contributed by atoms with Gasteiger partial charge in [-0.3, -0.25) is 0 Å². The molecule has 0 fully saturated rings. The zero-order valence-corrected chi connectivity index (χ0v) is 11.0. The van der Waals surface area contributed by atoms with Crippen LogP contribution < -0.4 is 5.32 Å². The fourth-order valence-corrected chi connectivity index (χ4v) is 2.72. The van der Waals surface area contributed by atoms with Crippen molar-refractivity contribution in [1.29, 1.82) is 0 Å². The molecule has 0 aliphatic rings. The van der Waals surface area contributed by atoms with E-state index in [1.165, 1.54) is 11.3 Å². The van der Waals surface area contributed by atoms with Gasteiger partial charge in [-0.1, -0.05) is 19.9 Å². The van der Waals surface area contributed by atoms with E-state index in [2.05, 4.69) is 42.6 Å². The largest absolute Gasteiger partial charge is 0.309 e. The Kier molecular flexibility index (Phi) is 6.22. The summed E-state index contributed by atoms with van der Waals surface area (Å²) in [6.45, 7) is 5.58. The van der Waals surface area contributed by atoms with Crippen LogP contribution in [-0.2, 0) is 0 Å². The molecule has 1 aromatic rings. The second kappa shape index (κ2) is 7.49. The van der Waals surface area contributed by atoms with Crippen LogP contribution in [0, 0.1) is 18.3 Å². The zero-order chi connectivity index (χ0) is 11.8. The van der Waals surface area contributed by atoms with Crippen molar-refractivity contribution >= 4 is 11.3 Å². The lowest BCUT2D eigenvalue weighted by molar-refractivity contribution is 0.413. The van der Waals surface area contributed by atoms with Crippen LogP contribution in [0.3, 0.4) is 0 Å². The van der Waals surface area contributed by atoms with Gasteiger partial charge in [0.2, 0.25) is 0 Å². The number of terminal acetylenes is 1. The van der Waals surface area contributed by atoms with Gasteiger partial charge in [-0.15, -0.1) is 23.7 Å². The van der Waals surface area contributed by atoms with E-state index in [1.54, 1.807) is 0 Å². The third-order valence-corrected chi connectivity index (χ3v) is 3.58. The van der Waals surface area contributed by atoms with Gasteiger partial charge in [0, 0.05) is 17.3 Å². The van der Waals surface area contributed by atoms with E-state index in [-0.39, 0.29) is 0 Å². The minimum Gasteiger partial charge on any atom is -0.309 e. The minimum absolute atomic E-state index is 0.492. The summed E-state index contributed by atoms with van der Waals surface area (Å²) in [4.78, 5) is 1.44. The van der Waals surface area contributed by atoms with Gasteiger partial charge in [0.1, 0.15) is 0 Å². The van der Waals surface area contributed by atoms with Crippen LogP contribution in [0.1, 0.15) is 44.0 Å². The molecule has 0 spiro atoms. The van der Waals surface area contributed by atoms with Gasteiger partial charge < -0.3 is 5.32 Å². The molecular weight excluding hydrogens is 214 g/mol. The standard InChI is InChI=1S/C14H21NS/c1-4-5-6-7-10-15-14(12(2)3)13-9-8-11-16-13/h1,8-9,11-12,14-15H,5-7,10H2,2-3H3.